The standard InChI is InChI=1S/C37H50O17/c1-2-28(29-8-6-24(49-29)32-35(29,52-32)46-19-16-40-10-3-13-43-32,30-9-7-25(50-30)33-36(30,53-33)47-20-17-41-11-4-14-44-33)31-22-23(27(38)39)26(51-31)34-37(31,54-34)48-21-18-42-12-5-15-45-34/h23-26H,2-22H2,1H3,(H,38,39). The lowest BCUT2D eigenvalue weighted by Gasteiger charge is -2.64. The Hall–Kier alpha value is -1.13. The first-order valence-corrected chi connectivity index (χ1v) is 20.2. The summed E-state index contributed by atoms with van der Waals surface area (Å²) in [6.45, 7) is 6.13. The summed E-state index contributed by atoms with van der Waals surface area (Å²) in [6, 6.07) is 0. The van der Waals surface area contributed by atoms with Gasteiger partial charge in [0.2, 0.25) is 0 Å². The van der Waals surface area contributed by atoms with Crippen molar-refractivity contribution in [3.63, 3.8) is 0 Å². The summed E-state index contributed by atoms with van der Waals surface area (Å²) in [5, 5.41) is 11.0. The Labute approximate surface area is 311 Å². The zero-order valence-electron chi connectivity index (χ0n) is 30.6. The van der Waals surface area contributed by atoms with Crippen LogP contribution in [0.4, 0.5) is 0 Å². The molecule has 6 bridgehead atoms. The van der Waals surface area contributed by atoms with Crippen LogP contribution in [0.5, 0.6) is 0 Å². The highest BCUT2D eigenvalue weighted by Gasteiger charge is 3.10. The van der Waals surface area contributed by atoms with Gasteiger partial charge < -0.3 is 76.2 Å². The number of aliphatic carboxylic acids is 1. The molecular formula is C37H50O17. The Morgan fingerprint density at radius 3 is 1.52 bits per heavy atom. The average Bonchev–Trinajstić information content (AvgIpc) is 3.91. The van der Waals surface area contributed by atoms with Crippen LogP contribution in [0.2, 0.25) is 0 Å². The molecule has 12 rings (SSSR count). The third-order valence-electron chi connectivity index (χ3n) is 15.1. The predicted octanol–water partition coefficient (Wildman–Crippen LogP) is 1.12. The van der Waals surface area contributed by atoms with Gasteiger partial charge >= 0.3 is 5.97 Å². The molecule has 12 fully saturated rings. The van der Waals surface area contributed by atoms with Gasteiger partial charge in [0.1, 0.15) is 35.1 Å². The molecule has 0 amide bonds. The van der Waals surface area contributed by atoms with E-state index in [0.717, 1.165) is 0 Å². The molecule has 12 saturated heterocycles. The summed E-state index contributed by atoms with van der Waals surface area (Å²) in [5.41, 5.74) is -5.85. The fourth-order valence-electron chi connectivity index (χ4n) is 13.6. The second-order valence-electron chi connectivity index (χ2n) is 16.9. The van der Waals surface area contributed by atoms with Crippen LogP contribution in [0, 0.1) is 11.3 Å². The molecule has 13 unspecified atom stereocenters. The van der Waals surface area contributed by atoms with Gasteiger partial charge in [0.05, 0.1) is 70.8 Å². The van der Waals surface area contributed by atoms with Crippen LogP contribution >= 0.6 is 0 Å². The molecule has 0 saturated carbocycles. The van der Waals surface area contributed by atoms with Crippen molar-refractivity contribution in [2.45, 2.75) is 135 Å². The van der Waals surface area contributed by atoms with E-state index in [1.165, 1.54) is 0 Å². The number of carboxylic acids is 1. The molecule has 0 spiro atoms. The SMILES string of the molecule is CCC(C12CCC(O1)C13OCCCOCCOC12O3)(C12CCC(O1)C13OCCCOCCOC12O3)C12CC(C(=O)O)C(O1)C13OCCCOCCOC12O3. The van der Waals surface area contributed by atoms with Gasteiger partial charge in [-0.15, -0.1) is 0 Å². The zero-order chi connectivity index (χ0) is 36.3. The van der Waals surface area contributed by atoms with Gasteiger partial charge in [-0.25, -0.2) is 0 Å². The third kappa shape index (κ3) is 3.44. The van der Waals surface area contributed by atoms with Crippen molar-refractivity contribution in [1.29, 1.82) is 0 Å². The van der Waals surface area contributed by atoms with Crippen LogP contribution in [0.1, 0.15) is 64.7 Å². The third-order valence-corrected chi connectivity index (χ3v) is 15.1. The highest BCUT2D eigenvalue weighted by Crippen LogP contribution is 2.90. The number of carboxylic acid groups (broad SMARTS) is 1. The van der Waals surface area contributed by atoms with E-state index < -0.39 is 87.1 Å². The lowest BCUT2D eigenvalue weighted by atomic mass is 9.43. The number of fused-ring (bicyclic) bond motifs is 6. The molecule has 1 N–H and O–H groups in total. The van der Waals surface area contributed by atoms with Crippen molar-refractivity contribution in [2.75, 3.05) is 79.3 Å². The van der Waals surface area contributed by atoms with Crippen LogP contribution in [0.3, 0.4) is 0 Å². The number of hydrogen-bond acceptors (Lipinski definition) is 16. The molecule has 13 atom stereocenters. The maximum atomic E-state index is 13.4. The molecule has 0 aromatic rings. The molecule has 17 nitrogen and oxygen atoms in total. The summed E-state index contributed by atoms with van der Waals surface area (Å²) in [6.07, 6.45) is 2.26. The van der Waals surface area contributed by atoms with Crippen molar-refractivity contribution in [3.05, 3.63) is 0 Å². The molecule has 54 heavy (non-hydrogen) atoms. The van der Waals surface area contributed by atoms with Crippen LogP contribution in [0.15, 0.2) is 0 Å². The lowest BCUT2D eigenvalue weighted by molar-refractivity contribution is -0.383. The maximum absolute atomic E-state index is 13.4. The summed E-state index contributed by atoms with van der Waals surface area (Å²) < 4.78 is 102. The quantitative estimate of drug-likeness (QED) is 0.392. The monoisotopic (exact) mass is 766 g/mol. The van der Waals surface area contributed by atoms with Crippen LogP contribution in [0.25, 0.3) is 0 Å². The van der Waals surface area contributed by atoms with E-state index in [2.05, 4.69) is 6.92 Å². The van der Waals surface area contributed by atoms with Gasteiger partial charge in [-0.2, -0.15) is 0 Å². The topological polar surface area (TPSA) is 186 Å². The molecule has 0 radical (unpaired) electrons. The molecular weight excluding hydrogens is 716 g/mol. The van der Waals surface area contributed by atoms with E-state index >= 15 is 0 Å². The minimum Gasteiger partial charge on any atom is -0.481 e. The summed E-state index contributed by atoms with van der Waals surface area (Å²) >= 11 is 0. The van der Waals surface area contributed by atoms with Gasteiger partial charge in [-0.1, -0.05) is 6.92 Å². The highest BCUT2D eigenvalue weighted by atomic mass is 17.0. The van der Waals surface area contributed by atoms with E-state index in [1.54, 1.807) is 0 Å². The molecule has 0 aliphatic carbocycles. The van der Waals surface area contributed by atoms with Crippen LogP contribution < -0.4 is 0 Å². The largest absolute Gasteiger partial charge is 0.481 e. The summed E-state index contributed by atoms with van der Waals surface area (Å²) in [5.74, 6) is -10.5. The first-order chi connectivity index (χ1) is 26.3. The van der Waals surface area contributed by atoms with E-state index in [-0.39, 0.29) is 32.8 Å². The maximum Gasteiger partial charge on any atom is 0.309 e. The number of rotatable bonds is 5. The number of epoxide rings is 3. The van der Waals surface area contributed by atoms with Crippen molar-refractivity contribution >= 4 is 5.97 Å². The number of hydrogen-bond donors (Lipinski definition) is 1. The minimum atomic E-state index is -1.61. The Morgan fingerprint density at radius 1 is 0.574 bits per heavy atom. The first-order valence-electron chi connectivity index (χ1n) is 20.2. The van der Waals surface area contributed by atoms with Gasteiger partial charge in [0, 0.05) is 19.8 Å². The summed E-state index contributed by atoms with van der Waals surface area (Å²) in [4.78, 5) is 13.4. The van der Waals surface area contributed by atoms with E-state index in [0.29, 0.717) is 104 Å². The Kier molecular flexibility index (Phi) is 7.18. The average molecular weight is 767 g/mol. The second kappa shape index (κ2) is 11.1. The molecule has 17 heteroatoms. The normalized spacial score (nSPS) is 58.0. The minimum absolute atomic E-state index is 0.00153. The zero-order valence-corrected chi connectivity index (χ0v) is 30.6. The fourth-order valence-corrected chi connectivity index (χ4v) is 13.6. The molecule has 0 aromatic carbocycles. The number of carbonyl (C=O) groups is 1. The predicted molar refractivity (Wildman–Crippen MR) is 171 cm³/mol. The molecule has 300 valence electrons. The lowest BCUT2D eigenvalue weighted by Crippen LogP contribution is -2.82. The van der Waals surface area contributed by atoms with Gasteiger partial charge in [0.25, 0.3) is 34.7 Å². The van der Waals surface area contributed by atoms with Crippen LogP contribution in [-0.2, 0) is 75.8 Å². The van der Waals surface area contributed by atoms with Gasteiger partial charge in [-0.3, -0.25) is 4.79 Å². The van der Waals surface area contributed by atoms with Crippen LogP contribution in [-0.4, -0.2) is 160 Å². The highest BCUT2D eigenvalue weighted by molar-refractivity contribution is 5.73. The molecule has 12 heterocycles. The Morgan fingerprint density at radius 2 is 1.04 bits per heavy atom. The van der Waals surface area contributed by atoms with Crippen molar-refractivity contribution in [3.8, 4) is 0 Å². The smallest absolute Gasteiger partial charge is 0.309 e. The molecule has 12 aliphatic rings. The van der Waals surface area contributed by atoms with Crippen molar-refractivity contribution in [1.82, 2.24) is 0 Å². The summed E-state index contributed by atoms with van der Waals surface area (Å²) in [7, 11) is 0. The Balaban J connectivity index is 1.12. The van der Waals surface area contributed by atoms with Crippen molar-refractivity contribution in [2.24, 2.45) is 11.3 Å². The van der Waals surface area contributed by atoms with Gasteiger partial charge in [0.15, 0.2) is 0 Å². The first kappa shape index (κ1) is 34.9. The van der Waals surface area contributed by atoms with E-state index in [1.807, 2.05) is 0 Å². The molecule has 0 aromatic heterocycles. The second-order valence-corrected chi connectivity index (χ2v) is 16.9. The molecule has 12 aliphatic heterocycles. The Bertz CT molecular complexity index is 1530. The fraction of sp³-hybridized carbons (Fsp3) is 0.973. The van der Waals surface area contributed by atoms with Crippen molar-refractivity contribution < 1.29 is 81.0 Å². The van der Waals surface area contributed by atoms with Gasteiger partial charge in [-0.05, 0) is 57.8 Å². The van der Waals surface area contributed by atoms with E-state index in [4.69, 9.17) is 71.1 Å². The van der Waals surface area contributed by atoms with E-state index in [9.17, 15) is 9.90 Å². The number of ether oxygens (including phenoxy) is 15.